The Bertz CT molecular complexity index is 894. The average Bonchev–Trinajstić information content (AvgIpc) is 3.19. The molecule has 6 nitrogen and oxygen atoms in total. The van der Waals surface area contributed by atoms with Gasteiger partial charge in [0.15, 0.2) is 5.82 Å². The lowest BCUT2D eigenvalue weighted by atomic mass is 9.89. The van der Waals surface area contributed by atoms with Crippen LogP contribution in [0.4, 0.5) is 0 Å². The Morgan fingerprint density at radius 2 is 2.11 bits per heavy atom. The van der Waals surface area contributed by atoms with E-state index in [0.29, 0.717) is 11.7 Å². The lowest BCUT2D eigenvalue weighted by Gasteiger charge is -2.23. The second-order valence-electron chi connectivity index (χ2n) is 7.23. The molecule has 1 amide bonds. The van der Waals surface area contributed by atoms with Gasteiger partial charge in [-0.3, -0.25) is 4.79 Å². The number of carbonyl (C=O) groups is 1. The Hall–Kier alpha value is -2.89. The SMILES string of the molecule is CCC(C)(C)C(=O)NC1=CC=C(c2noc(-c3cccc(OC)c3)n2)CC1. The summed E-state index contributed by atoms with van der Waals surface area (Å²) < 4.78 is 10.6. The van der Waals surface area contributed by atoms with Gasteiger partial charge in [-0.1, -0.05) is 38.1 Å². The zero-order valence-electron chi connectivity index (χ0n) is 16.2. The van der Waals surface area contributed by atoms with Gasteiger partial charge in [-0.05, 0) is 43.5 Å². The summed E-state index contributed by atoms with van der Waals surface area (Å²) in [6, 6.07) is 7.51. The van der Waals surface area contributed by atoms with Gasteiger partial charge >= 0.3 is 0 Å². The number of nitrogens with one attached hydrogen (secondary N) is 1. The number of hydrogen-bond acceptors (Lipinski definition) is 5. The fraction of sp³-hybridized carbons (Fsp3) is 0.381. The molecule has 2 aromatic rings. The number of methoxy groups -OCH3 is 1. The van der Waals surface area contributed by atoms with Crippen molar-refractivity contribution in [2.75, 3.05) is 7.11 Å². The van der Waals surface area contributed by atoms with Gasteiger partial charge in [-0.15, -0.1) is 0 Å². The molecular formula is C21H25N3O3. The molecule has 0 radical (unpaired) electrons. The molecule has 1 aliphatic rings. The summed E-state index contributed by atoms with van der Waals surface area (Å²) in [6.45, 7) is 5.92. The van der Waals surface area contributed by atoms with Crippen LogP contribution in [0.3, 0.4) is 0 Å². The van der Waals surface area contributed by atoms with E-state index in [1.54, 1.807) is 7.11 Å². The molecule has 0 saturated heterocycles. The van der Waals surface area contributed by atoms with Gasteiger partial charge in [0.2, 0.25) is 5.91 Å². The van der Waals surface area contributed by atoms with Crippen LogP contribution in [0, 0.1) is 5.41 Å². The molecule has 0 atom stereocenters. The molecule has 27 heavy (non-hydrogen) atoms. The fourth-order valence-electron chi connectivity index (χ4n) is 2.63. The molecule has 1 aliphatic carbocycles. The number of hydrogen-bond donors (Lipinski definition) is 1. The number of nitrogens with zero attached hydrogens (tertiary/aromatic N) is 2. The standard InChI is InChI=1S/C21H25N3O3/c1-5-21(2,3)20(25)22-16-11-9-14(10-12-16)18-23-19(27-24-18)15-7-6-8-17(13-15)26-4/h6-9,11,13H,5,10,12H2,1-4H3,(H,22,25). The van der Waals surface area contributed by atoms with Crippen molar-refractivity contribution in [1.29, 1.82) is 0 Å². The highest BCUT2D eigenvalue weighted by Gasteiger charge is 2.26. The molecule has 0 aliphatic heterocycles. The molecule has 1 aromatic carbocycles. The van der Waals surface area contributed by atoms with Gasteiger partial charge in [0.25, 0.3) is 5.89 Å². The minimum atomic E-state index is -0.371. The van der Waals surface area contributed by atoms with Crippen molar-refractivity contribution in [3.63, 3.8) is 0 Å². The van der Waals surface area contributed by atoms with E-state index in [1.165, 1.54) is 0 Å². The quantitative estimate of drug-likeness (QED) is 0.821. The normalized spacial score (nSPS) is 14.4. The van der Waals surface area contributed by atoms with E-state index >= 15 is 0 Å². The third-order valence-corrected chi connectivity index (χ3v) is 4.95. The van der Waals surface area contributed by atoms with Crippen molar-refractivity contribution in [3.05, 3.63) is 47.9 Å². The van der Waals surface area contributed by atoms with E-state index in [1.807, 2.05) is 57.2 Å². The maximum Gasteiger partial charge on any atom is 0.258 e. The van der Waals surface area contributed by atoms with Crippen molar-refractivity contribution < 1.29 is 14.1 Å². The number of benzene rings is 1. The van der Waals surface area contributed by atoms with Crippen LogP contribution in [0.15, 0.2) is 46.6 Å². The molecule has 1 heterocycles. The minimum absolute atomic E-state index is 0.0490. The van der Waals surface area contributed by atoms with Crippen molar-refractivity contribution in [2.45, 2.75) is 40.0 Å². The number of ether oxygens (including phenoxy) is 1. The molecule has 6 heteroatoms. The Morgan fingerprint density at radius 1 is 1.30 bits per heavy atom. The highest BCUT2D eigenvalue weighted by Crippen LogP contribution is 2.28. The van der Waals surface area contributed by atoms with Gasteiger partial charge in [-0.2, -0.15) is 4.98 Å². The second kappa shape index (κ2) is 7.78. The summed E-state index contributed by atoms with van der Waals surface area (Å²) in [7, 11) is 1.62. The van der Waals surface area contributed by atoms with Gasteiger partial charge in [0.05, 0.1) is 7.11 Å². The molecule has 1 N–H and O–H groups in total. The zero-order valence-corrected chi connectivity index (χ0v) is 16.2. The Kier molecular flexibility index (Phi) is 5.44. The van der Waals surface area contributed by atoms with E-state index in [-0.39, 0.29) is 11.3 Å². The third-order valence-electron chi connectivity index (χ3n) is 4.95. The van der Waals surface area contributed by atoms with Gasteiger partial charge in [-0.25, -0.2) is 0 Å². The first-order chi connectivity index (χ1) is 12.9. The van der Waals surface area contributed by atoms with E-state index in [2.05, 4.69) is 15.5 Å². The van der Waals surface area contributed by atoms with Crippen molar-refractivity contribution in [1.82, 2.24) is 15.5 Å². The Balaban J connectivity index is 1.73. The van der Waals surface area contributed by atoms with E-state index in [0.717, 1.165) is 41.8 Å². The largest absolute Gasteiger partial charge is 0.497 e. The van der Waals surface area contributed by atoms with E-state index in [4.69, 9.17) is 9.26 Å². The first-order valence-corrected chi connectivity index (χ1v) is 9.12. The third kappa shape index (κ3) is 4.27. The van der Waals surface area contributed by atoms with E-state index < -0.39 is 0 Å². The maximum absolute atomic E-state index is 12.3. The predicted molar refractivity (Wildman–Crippen MR) is 104 cm³/mol. The second-order valence-corrected chi connectivity index (χ2v) is 7.23. The lowest BCUT2D eigenvalue weighted by molar-refractivity contribution is -0.128. The first kappa shape index (κ1) is 18.9. The Morgan fingerprint density at radius 3 is 2.78 bits per heavy atom. The highest BCUT2D eigenvalue weighted by molar-refractivity contribution is 5.83. The maximum atomic E-state index is 12.3. The first-order valence-electron chi connectivity index (χ1n) is 9.12. The topological polar surface area (TPSA) is 77.2 Å². The molecule has 142 valence electrons. The van der Waals surface area contributed by atoms with Crippen LogP contribution in [0.2, 0.25) is 0 Å². The smallest absolute Gasteiger partial charge is 0.258 e. The van der Waals surface area contributed by atoms with Crippen LogP contribution in [0.25, 0.3) is 17.0 Å². The Labute approximate surface area is 159 Å². The van der Waals surface area contributed by atoms with Crippen LogP contribution < -0.4 is 10.1 Å². The molecule has 0 spiro atoms. The fourth-order valence-corrected chi connectivity index (χ4v) is 2.63. The summed E-state index contributed by atoms with van der Waals surface area (Å²) in [4.78, 5) is 16.8. The van der Waals surface area contributed by atoms with Gasteiger partial charge in [0.1, 0.15) is 5.75 Å². The van der Waals surface area contributed by atoms with Crippen LogP contribution in [-0.2, 0) is 4.79 Å². The molecule has 3 rings (SSSR count). The molecule has 1 aromatic heterocycles. The number of allylic oxidation sites excluding steroid dienone is 4. The summed E-state index contributed by atoms with van der Waals surface area (Å²) in [5.74, 6) is 1.82. The lowest BCUT2D eigenvalue weighted by Crippen LogP contribution is -2.36. The number of carbonyl (C=O) groups excluding carboxylic acids is 1. The molecule has 0 saturated carbocycles. The van der Waals surface area contributed by atoms with Crippen LogP contribution in [0.5, 0.6) is 5.75 Å². The minimum Gasteiger partial charge on any atom is -0.497 e. The van der Waals surface area contributed by atoms with Crippen molar-refractivity contribution in [3.8, 4) is 17.2 Å². The summed E-state index contributed by atoms with van der Waals surface area (Å²) in [6.07, 6.45) is 6.14. The molecular weight excluding hydrogens is 342 g/mol. The van der Waals surface area contributed by atoms with Gasteiger partial charge in [0, 0.05) is 22.2 Å². The molecule has 0 fully saturated rings. The molecule has 0 unspecified atom stereocenters. The summed E-state index contributed by atoms with van der Waals surface area (Å²) in [5, 5.41) is 7.12. The van der Waals surface area contributed by atoms with Gasteiger partial charge < -0.3 is 14.6 Å². The van der Waals surface area contributed by atoms with Crippen LogP contribution in [0.1, 0.15) is 45.9 Å². The molecule has 0 bridgehead atoms. The predicted octanol–water partition coefficient (Wildman–Crippen LogP) is 4.36. The number of amides is 1. The van der Waals surface area contributed by atoms with Crippen LogP contribution in [-0.4, -0.2) is 23.2 Å². The van der Waals surface area contributed by atoms with E-state index in [9.17, 15) is 4.79 Å². The number of rotatable bonds is 6. The summed E-state index contributed by atoms with van der Waals surface area (Å²) in [5.41, 5.74) is 2.35. The van der Waals surface area contributed by atoms with Crippen molar-refractivity contribution in [2.24, 2.45) is 5.41 Å². The monoisotopic (exact) mass is 367 g/mol. The summed E-state index contributed by atoms with van der Waals surface area (Å²) >= 11 is 0. The average molecular weight is 367 g/mol. The zero-order chi connectivity index (χ0) is 19.4. The number of aromatic nitrogens is 2. The van der Waals surface area contributed by atoms with Crippen molar-refractivity contribution >= 4 is 11.5 Å². The highest BCUT2D eigenvalue weighted by atomic mass is 16.5. The van der Waals surface area contributed by atoms with Crippen LogP contribution >= 0.6 is 0 Å².